The monoisotopic (exact) mass is 446 g/mol. The fourth-order valence-electron chi connectivity index (χ4n) is 3.76. The number of halogens is 1. The van der Waals surface area contributed by atoms with Gasteiger partial charge in [0.25, 0.3) is 5.91 Å². The van der Waals surface area contributed by atoms with E-state index >= 15 is 0 Å². The average molecular weight is 447 g/mol. The molecule has 0 bridgehead atoms. The van der Waals surface area contributed by atoms with Crippen molar-refractivity contribution in [2.75, 3.05) is 7.11 Å². The quantitative estimate of drug-likeness (QED) is 0.506. The van der Waals surface area contributed by atoms with Crippen molar-refractivity contribution in [1.82, 2.24) is 10.6 Å². The first-order valence-electron chi connectivity index (χ1n) is 11.1. The summed E-state index contributed by atoms with van der Waals surface area (Å²) in [6.45, 7) is 0.386. The molecule has 33 heavy (non-hydrogen) atoms. The minimum Gasteiger partial charge on any atom is -0.497 e. The van der Waals surface area contributed by atoms with E-state index in [9.17, 15) is 14.0 Å². The zero-order chi connectivity index (χ0) is 23.2. The summed E-state index contributed by atoms with van der Waals surface area (Å²) < 4.78 is 18.4. The van der Waals surface area contributed by atoms with Gasteiger partial charge in [-0.3, -0.25) is 9.59 Å². The van der Waals surface area contributed by atoms with Gasteiger partial charge in [-0.15, -0.1) is 0 Å². The molecule has 1 fully saturated rings. The van der Waals surface area contributed by atoms with Gasteiger partial charge in [0, 0.05) is 12.1 Å². The summed E-state index contributed by atoms with van der Waals surface area (Å²) in [5.41, 5.74) is 3.29. The third-order valence-electron chi connectivity index (χ3n) is 5.84. The van der Waals surface area contributed by atoms with E-state index in [0.29, 0.717) is 18.0 Å². The number of ether oxygens (including phenoxy) is 1. The molecule has 0 saturated heterocycles. The van der Waals surface area contributed by atoms with Crippen LogP contribution in [0.1, 0.15) is 45.9 Å². The Kier molecular flexibility index (Phi) is 7.03. The molecular weight excluding hydrogens is 419 g/mol. The van der Waals surface area contributed by atoms with E-state index in [-0.39, 0.29) is 30.1 Å². The highest BCUT2D eigenvalue weighted by atomic mass is 19.1. The summed E-state index contributed by atoms with van der Waals surface area (Å²) in [6, 6.07) is 20.8. The third kappa shape index (κ3) is 6.19. The first-order chi connectivity index (χ1) is 16.0. The predicted octanol–water partition coefficient (Wildman–Crippen LogP) is 4.57. The molecule has 6 heteroatoms. The number of hydrogen-bond donors (Lipinski definition) is 2. The zero-order valence-electron chi connectivity index (χ0n) is 18.5. The molecule has 170 valence electrons. The summed E-state index contributed by atoms with van der Waals surface area (Å²) in [4.78, 5) is 25.0. The van der Waals surface area contributed by atoms with E-state index < -0.39 is 0 Å². The second-order valence-corrected chi connectivity index (χ2v) is 8.34. The molecule has 3 aromatic rings. The molecule has 1 aliphatic carbocycles. The second-order valence-electron chi connectivity index (χ2n) is 8.34. The molecule has 1 unspecified atom stereocenters. The molecule has 0 heterocycles. The fourth-order valence-corrected chi connectivity index (χ4v) is 3.76. The Morgan fingerprint density at radius 2 is 1.58 bits per heavy atom. The number of amides is 2. The highest BCUT2D eigenvalue weighted by molar-refractivity contribution is 5.94. The van der Waals surface area contributed by atoms with Crippen molar-refractivity contribution in [1.29, 1.82) is 0 Å². The van der Waals surface area contributed by atoms with Crippen molar-refractivity contribution >= 4 is 11.8 Å². The lowest BCUT2D eigenvalue weighted by Gasteiger charge is -2.19. The maximum absolute atomic E-state index is 13.3. The minimum atomic E-state index is -0.286. The third-order valence-corrected chi connectivity index (χ3v) is 5.84. The van der Waals surface area contributed by atoms with Crippen molar-refractivity contribution in [2.45, 2.75) is 31.8 Å². The molecule has 2 amide bonds. The summed E-state index contributed by atoms with van der Waals surface area (Å²) >= 11 is 0. The van der Waals surface area contributed by atoms with E-state index in [1.54, 1.807) is 31.4 Å². The molecule has 4 rings (SSSR count). The average Bonchev–Trinajstić information content (AvgIpc) is 3.68. The van der Waals surface area contributed by atoms with E-state index in [2.05, 4.69) is 10.6 Å². The Hall–Kier alpha value is -3.67. The number of rotatable bonds is 9. The number of hydrogen-bond acceptors (Lipinski definition) is 3. The van der Waals surface area contributed by atoms with Crippen LogP contribution in [-0.2, 0) is 17.8 Å². The Balaban J connectivity index is 1.30. The maximum atomic E-state index is 13.3. The van der Waals surface area contributed by atoms with E-state index in [4.69, 9.17) is 4.74 Å². The SMILES string of the molecule is COc1ccc(CC(=O)NCc2ccc(C(=O)NC(c3ccc(F)cc3)C3CC3)cc2)cc1. The van der Waals surface area contributed by atoms with Crippen LogP contribution < -0.4 is 15.4 Å². The van der Waals surface area contributed by atoms with Gasteiger partial charge >= 0.3 is 0 Å². The Morgan fingerprint density at radius 1 is 0.939 bits per heavy atom. The van der Waals surface area contributed by atoms with E-state index in [1.165, 1.54) is 12.1 Å². The smallest absolute Gasteiger partial charge is 0.251 e. The molecule has 1 aliphatic rings. The van der Waals surface area contributed by atoms with Gasteiger partial charge in [-0.1, -0.05) is 36.4 Å². The van der Waals surface area contributed by atoms with Crippen LogP contribution in [-0.4, -0.2) is 18.9 Å². The molecular formula is C27H27FN2O3. The van der Waals surface area contributed by atoms with Crippen molar-refractivity contribution in [3.63, 3.8) is 0 Å². The topological polar surface area (TPSA) is 67.4 Å². The van der Waals surface area contributed by atoms with Gasteiger partial charge in [0.2, 0.25) is 5.91 Å². The number of methoxy groups -OCH3 is 1. The molecule has 0 radical (unpaired) electrons. The van der Waals surface area contributed by atoms with Crippen molar-refractivity contribution in [3.05, 3.63) is 101 Å². The lowest BCUT2D eigenvalue weighted by Crippen LogP contribution is -2.30. The van der Waals surface area contributed by atoms with Crippen LogP contribution in [0.5, 0.6) is 5.75 Å². The van der Waals surface area contributed by atoms with E-state index in [0.717, 1.165) is 35.3 Å². The summed E-state index contributed by atoms with van der Waals surface area (Å²) in [5.74, 6) is 0.621. The summed E-state index contributed by atoms with van der Waals surface area (Å²) in [6.07, 6.45) is 2.39. The van der Waals surface area contributed by atoms with E-state index in [1.807, 2.05) is 36.4 Å². The fraction of sp³-hybridized carbons (Fsp3) is 0.259. The summed E-state index contributed by atoms with van der Waals surface area (Å²) in [5, 5.41) is 6.00. The van der Waals surface area contributed by atoms with Gasteiger partial charge in [0.1, 0.15) is 11.6 Å². The van der Waals surface area contributed by atoms with Crippen LogP contribution in [0.4, 0.5) is 4.39 Å². The normalized spacial score (nSPS) is 13.8. The Morgan fingerprint density at radius 3 is 2.18 bits per heavy atom. The van der Waals surface area contributed by atoms with Gasteiger partial charge in [-0.25, -0.2) is 4.39 Å². The highest BCUT2D eigenvalue weighted by Crippen LogP contribution is 2.41. The molecule has 3 aromatic carbocycles. The maximum Gasteiger partial charge on any atom is 0.251 e. The number of carbonyl (C=O) groups is 2. The second kappa shape index (κ2) is 10.3. The van der Waals surface area contributed by atoms with Crippen LogP contribution in [0.3, 0.4) is 0 Å². The lowest BCUT2D eigenvalue weighted by atomic mass is 10.0. The molecule has 2 N–H and O–H groups in total. The Bertz CT molecular complexity index is 1090. The zero-order valence-corrected chi connectivity index (χ0v) is 18.5. The van der Waals surface area contributed by atoms with Crippen molar-refractivity contribution in [3.8, 4) is 5.75 Å². The van der Waals surface area contributed by atoms with Crippen LogP contribution in [0.2, 0.25) is 0 Å². The van der Waals surface area contributed by atoms with Gasteiger partial charge in [0.15, 0.2) is 0 Å². The summed E-state index contributed by atoms with van der Waals surface area (Å²) in [7, 11) is 1.60. The standard InChI is InChI=1S/C27H27FN2O3/c1-33-24-14-4-18(5-15-24)16-25(31)29-17-19-2-6-22(7-3-19)27(32)30-26(20-8-9-20)21-10-12-23(28)13-11-21/h2-7,10-15,20,26H,8-9,16-17H2,1H3,(H,29,31)(H,30,32). The van der Waals surface area contributed by atoms with Gasteiger partial charge in [-0.2, -0.15) is 0 Å². The van der Waals surface area contributed by atoms with Gasteiger partial charge < -0.3 is 15.4 Å². The molecule has 1 atom stereocenters. The first kappa shape index (κ1) is 22.5. The van der Waals surface area contributed by atoms with Crippen molar-refractivity contribution < 1.29 is 18.7 Å². The molecule has 5 nitrogen and oxygen atoms in total. The molecule has 1 saturated carbocycles. The first-order valence-corrected chi connectivity index (χ1v) is 11.1. The Labute approximate surface area is 193 Å². The van der Waals surface area contributed by atoms with Crippen LogP contribution >= 0.6 is 0 Å². The number of benzene rings is 3. The highest BCUT2D eigenvalue weighted by Gasteiger charge is 2.33. The molecule has 0 aliphatic heterocycles. The number of nitrogens with one attached hydrogen (secondary N) is 2. The van der Waals surface area contributed by atoms with Crippen LogP contribution in [0.15, 0.2) is 72.8 Å². The molecule has 0 aromatic heterocycles. The van der Waals surface area contributed by atoms with Crippen LogP contribution in [0, 0.1) is 11.7 Å². The van der Waals surface area contributed by atoms with Gasteiger partial charge in [-0.05, 0) is 71.8 Å². The minimum absolute atomic E-state index is 0.0754. The van der Waals surface area contributed by atoms with Gasteiger partial charge in [0.05, 0.1) is 19.6 Å². The van der Waals surface area contributed by atoms with Crippen LogP contribution in [0.25, 0.3) is 0 Å². The molecule has 0 spiro atoms. The predicted molar refractivity (Wildman–Crippen MR) is 124 cm³/mol. The largest absolute Gasteiger partial charge is 0.497 e. The number of carbonyl (C=O) groups excluding carboxylic acids is 2. The lowest BCUT2D eigenvalue weighted by molar-refractivity contribution is -0.120. The van der Waals surface area contributed by atoms with Crippen molar-refractivity contribution in [2.24, 2.45) is 5.92 Å².